The molecule has 0 fully saturated rings. The van der Waals surface area contributed by atoms with Crippen molar-refractivity contribution in [2.75, 3.05) is 0 Å². The molecule has 0 saturated carbocycles. The van der Waals surface area contributed by atoms with E-state index in [0.717, 1.165) is 16.5 Å². The van der Waals surface area contributed by atoms with E-state index in [4.69, 9.17) is 8.83 Å². The minimum Gasteiger partial charge on any atom is -0.463 e. The van der Waals surface area contributed by atoms with Crippen LogP contribution in [0.5, 0.6) is 0 Å². The zero-order valence-electron chi connectivity index (χ0n) is 7.48. The van der Waals surface area contributed by atoms with Crippen molar-refractivity contribution < 1.29 is 8.83 Å². The van der Waals surface area contributed by atoms with E-state index < -0.39 is 0 Å². The second-order valence-corrected chi connectivity index (χ2v) is 3.68. The van der Waals surface area contributed by atoms with Crippen LogP contribution in [0.25, 0.3) is 22.4 Å². The van der Waals surface area contributed by atoms with Gasteiger partial charge in [-0.15, -0.1) is 10.2 Å². The van der Waals surface area contributed by atoms with Gasteiger partial charge in [-0.25, -0.2) is 0 Å². The standard InChI is InChI=1S/C10H5BrN2O2/c11-10-13-12-9(15-10)7-5-14-8-4-2-1-3-6(7)8/h1-5H. The topological polar surface area (TPSA) is 52.1 Å². The maximum absolute atomic E-state index is 5.37. The largest absolute Gasteiger partial charge is 0.463 e. The van der Waals surface area contributed by atoms with Gasteiger partial charge in [0.05, 0.1) is 5.56 Å². The summed E-state index contributed by atoms with van der Waals surface area (Å²) >= 11 is 3.11. The minimum atomic E-state index is 0.364. The molecule has 0 radical (unpaired) electrons. The number of rotatable bonds is 1. The molecule has 74 valence electrons. The van der Waals surface area contributed by atoms with Gasteiger partial charge in [0.15, 0.2) is 0 Å². The zero-order valence-corrected chi connectivity index (χ0v) is 9.06. The van der Waals surface area contributed by atoms with Crippen LogP contribution in [-0.4, -0.2) is 10.2 Å². The first-order valence-corrected chi connectivity index (χ1v) is 5.09. The lowest BCUT2D eigenvalue weighted by Crippen LogP contribution is -1.74. The summed E-state index contributed by atoms with van der Waals surface area (Å²) in [6.07, 6.45) is 1.62. The summed E-state index contributed by atoms with van der Waals surface area (Å²) in [4.78, 5) is 0.364. The normalized spacial score (nSPS) is 11.0. The first-order chi connectivity index (χ1) is 7.34. The van der Waals surface area contributed by atoms with Gasteiger partial charge >= 0.3 is 0 Å². The van der Waals surface area contributed by atoms with Crippen molar-refractivity contribution in [3.05, 3.63) is 35.3 Å². The van der Waals surface area contributed by atoms with Gasteiger partial charge in [0.25, 0.3) is 10.7 Å². The van der Waals surface area contributed by atoms with E-state index in [1.807, 2.05) is 24.3 Å². The molecule has 0 bridgehead atoms. The van der Waals surface area contributed by atoms with Crippen LogP contribution in [0.2, 0.25) is 0 Å². The Balaban J connectivity index is 2.27. The number of para-hydroxylation sites is 1. The maximum atomic E-state index is 5.37. The predicted octanol–water partition coefficient (Wildman–Crippen LogP) is 3.25. The number of halogens is 1. The monoisotopic (exact) mass is 264 g/mol. The van der Waals surface area contributed by atoms with Crippen molar-refractivity contribution in [1.82, 2.24) is 10.2 Å². The summed E-state index contributed by atoms with van der Waals surface area (Å²) in [6, 6.07) is 7.70. The van der Waals surface area contributed by atoms with Crippen LogP contribution in [0.15, 0.2) is 44.2 Å². The van der Waals surface area contributed by atoms with Gasteiger partial charge in [0, 0.05) is 21.3 Å². The second-order valence-electron chi connectivity index (χ2n) is 3.01. The SMILES string of the molecule is Brc1nnc(-c2coc3ccccc23)o1. The van der Waals surface area contributed by atoms with Crippen LogP contribution in [0, 0.1) is 0 Å². The molecule has 0 N–H and O–H groups in total. The number of fused-ring (bicyclic) bond motifs is 1. The molecule has 0 unspecified atom stereocenters. The highest BCUT2D eigenvalue weighted by atomic mass is 79.9. The van der Waals surface area contributed by atoms with E-state index in [0.29, 0.717) is 10.7 Å². The summed E-state index contributed by atoms with van der Waals surface area (Å²) < 4.78 is 10.6. The highest BCUT2D eigenvalue weighted by Gasteiger charge is 2.12. The van der Waals surface area contributed by atoms with Crippen molar-refractivity contribution in [3.63, 3.8) is 0 Å². The Bertz CT molecular complexity index is 614. The molecule has 3 aromatic rings. The quantitative estimate of drug-likeness (QED) is 0.677. The molecular formula is C10H5BrN2O2. The fourth-order valence-corrected chi connectivity index (χ4v) is 1.69. The van der Waals surface area contributed by atoms with Crippen molar-refractivity contribution >= 4 is 26.9 Å². The number of furan rings is 1. The second kappa shape index (κ2) is 3.20. The van der Waals surface area contributed by atoms with E-state index in [9.17, 15) is 0 Å². The number of hydrogen-bond donors (Lipinski definition) is 0. The summed E-state index contributed by atoms with van der Waals surface area (Å²) in [5, 5.41) is 8.59. The Labute approximate surface area is 93.0 Å². The maximum Gasteiger partial charge on any atom is 0.285 e. The average Bonchev–Trinajstić information content (AvgIpc) is 2.83. The lowest BCUT2D eigenvalue weighted by atomic mass is 10.2. The lowest BCUT2D eigenvalue weighted by molar-refractivity contribution is 0.538. The van der Waals surface area contributed by atoms with E-state index >= 15 is 0 Å². The fourth-order valence-electron chi connectivity index (χ4n) is 1.46. The Morgan fingerprint density at radius 1 is 1.13 bits per heavy atom. The molecule has 0 spiro atoms. The Hall–Kier alpha value is -1.62. The molecular weight excluding hydrogens is 260 g/mol. The molecule has 3 rings (SSSR count). The van der Waals surface area contributed by atoms with Crippen molar-refractivity contribution in [3.8, 4) is 11.5 Å². The van der Waals surface area contributed by atoms with Crippen LogP contribution in [0.3, 0.4) is 0 Å². The lowest BCUT2D eigenvalue weighted by Gasteiger charge is -1.88. The molecule has 2 heterocycles. The number of benzene rings is 1. The van der Waals surface area contributed by atoms with Crippen molar-refractivity contribution in [1.29, 1.82) is 0 Å². The molecule has 15 heavy (non-hydrogen) atoms. The molecule has 0 aliphatic rings. The van der Waals surface area contributed by atoms with Crippen LogP contribution < -0.4 is 0 Å². The van der Waals surface area contributed by atoms with Gasteiger partial charge in [0.2, 0.25) is 0 Å². The Morgan fingerprint density at radius 3 is 2.80 bits per heavy atom. The zero-order chi connectivity index (χ0) is 10.3. The number of aromatic nitrogens is 2. The number of hydrogen-bond acceptors (Lipinski definition) is 4. The molecule has 0 amide bonds. The minimum absolute atomic E-state index is 0.364. The third-order valence-electron chi connectivity index (χ3n) is 2.11. The molecule has 0 aliphatic heterocycles. The van der Waals surface area contributed by atoms with Crippen LogP contribution in [-0.2, 0) is 0 Å². The Morgan fingerprint density at radius 2 is 2.00 bits per heavy atom. The third-order valence-corrected chi connectivity index (χ3v) is 2.43. The first kappa shape index (κ1) is 8.67. The van der Waals surface area contributed by atoms with E-state index in [2.05, 4.69) is 26.1 Å². The average molecular weight is 265 g/mol. The summed E-state index contributed by atoms with van der Waals surface area (Å²) in [5.41, 5.74) is 1.62. The predicted molar refractivity (Wildman–Crippen MR) is 57.2 cm³/mol. The van der Waals surface area contributed by atoms with Gasteiger partial charge in [-0.1, -0.05) is 18.2 Å². The molecule has 5 heteroatoms. The molecule has 2 aromatic heterocycles. The van der Waals surface area contributed by atoms with Gasteiger partial charge in [-0.05, 0) is 6.07 Å². The molecule has 4 nitrogen and oxygen atoms in total. The first-order valence-electron chi connectivity index (χ1n) is 4.30. The summed E-state index contributed by atoms with van der Waals surface area (Å²) in [5.74, 6) is 0.451. The van der Waals surface area contributed by atoms with Crippen LogP contribution in [0.4, 0.5) is 0 Å². The third kappa shape index (κ3) is 1.35. The Kier molecular flexibility index (Phi) is 1.85. The summed E-state index contributed by atoms with van der Waals surface area (Å²) in [6.45, 7) is 0. The van der Waals surface area contributed by atoms with E-state index in [-0.39, 0.29) is 0 Å². The highest BCUT2D eigenvalue weighted by Crippen LogP contribution is 2.29. The van der Waals surface area contributed by atoms with Gasteiger partial charge in [-0.2, -0.15) is 0 Å². The van der Waals surface area contributed by atoms with E-state index in [1.165, 1.54) is 0 Å². The molecule has 0 saturated heterocycles. The van der Waals surface area contributed by atoms with Crippen LogP contribution >= 0.6 is 15.9 Å². The van der Waals surface area contributed by atoms with Gasteiger partial charge < -0.3 is 8.83 Å². The van der Waals surface area contributed by atoms with Crippen LogP contribution in [0.1, 0.15) is 0 Å². The highest BCUT2D eigenvalue weighted by molar-refractivity contribution is 9.10. The van der Waals surface area contributed by atoms with Crippen molar-refractivity contribution in [2.45, 2.75) is 0 Å². The molecule has 0 aliphatic carbocycles. The van der Waals surface area contributed by atoms with Gasteiger partial charge in [0.1, 0.15) is 11.8 Å². The fraction of sp³-hybridized carbons (Fsp3) is 0. The van der Waals surface area contributed by atoms with Gasteiger partial charge in [-0.3, -0.25) is 0 Å². The smallest absolute Gasteiger partial charge is 0.285 e. The van der Waals surface area contributed by atoms with Crippen molar-refractivity contribution in [2.24, 2.45) is 0 Å². The molecule has 0 atom stereocenters. The summed E-state index contributed by atoms with van der Waals surface area (Å²) in [7, 11) is 0. The number of nitrogens with zero attached hydrogens (tertiary/aromatic N) is 2. The molecule has 1 aromatic carbocycles. The van der Waals surface area contributed by atoms with E-state index in [1.54, 1.807) is 6.26 Å².